The number of hydrogen-bond acceptors (Lipinski definition) is 9. The first kappa shape index (κ1) is 35.2. The molecule has 1 unspecified atom stereocenters. The highest BCUT2D eigenvalue weighted by molar-refractivity contribution is 6.12. The van der Waals surface area contributed by atoms with Gasteiger partial charge in [-0.05, 0) is 93.0 Å². The standard InChI is InChI=1S/C39H42N6O6/c1-39(2,3)51-38(48)42-21-26-17-29(22-40-20-26)28-12-13-33-32(19-28)36(44-45(33)34-10-5-6-15-50-34)37(47)43-31-18-30(23-41-24-31)27-9-7-8-25(16-27)11-14-35(46)49-4/h7-9,12-13,16-20,22-24,34H,5-6,10-11,14-15,21H2,1-4H3,(H,42,48)(H,43,47). The third-order valence-corrected chi connectivity index (χ3v) is 8.42. The molecule has 4 heterocycles. The van der Waals surface area contributed by atoms with Gasteiger partial charge in [0.15, 0.2) is 11.9 Å². The van der Waals surface area contributed by atoms with Gasteiger partial charge in [0.05, 0.1) is 24.5 Å². The summed E-state index contributed by atoms with van der Waals surface area (Å²) < 4.78 is 18.0. The lowest BCUT2D eigenvalue weighted by Crippen LogP contribution is -2.32. The summed E-state index contributed by atoms with van der Waals surface area (Å²) in [7, 11) is 1.38. The van der Waals surface area contributed by atoms with Gasteiger partial charge in [0, 0.05) is 54.7 Å². The summed E-state index contributed by atoms with van der Waals surface area (Å²) in [5.74, 6) is -0.646. The van der Waals surface area contributed by atoms with Crippen LogP contribution < -0.4 is 10.6 Å². The lowest BCUT2D eigenvalue weighted by Gasteiger charge is -2.23. The SMILES string of the molecule is COC(=O)CCc1cccc(-c2cncc(NC(=O)c3nn(C4CCCCO4)c4ccc(-c5cncc(CNC(=O)OC(C)(C)C)c5)cc34)c2)c1. The largest absolute Gasteiger partial charge is 0.469 e. The number of nitrogens with zero attached hydrogens (tertiary/aromatic N) is 4. The molecule has 5 aromatic rings. The molecule has 2 N–H and O–H groups in total. The van der Waals surface area contributed by atoms with E-state index in [0.717, 1.165) is 58.2 Å². The molecular formula is C39H42N6O6. The predicted octanol–water partition coefficient (Wildman–Crippen LogP) is 7.24. The molecular weight excluding hydrogens is 648 g/mol. The van der Waals surface area contributed by atoms with E-state index in [4.69, 9.17) is 19.3 Å². The number of amides is 2. The molecule has 1 aliphatic rings. The van der Waals surface area contributed by atoms with Crippen molar-refractivity contribution in [3.63, 3.8) is 0 Å². The third kappa shape index (κ3) is 8.95. The molecule has 0 spiro atoms. The number of alkyl carbamates (subject to hydrolysis) is 1. The Kier molecular flexibility index (Phi) is 10.7. The number of aromatic nitrogens is 4. The molecule has 1 aliphatic heterocycles. The van der Waals surface area contributed by atoms with Crippen molar-refractivity contribution in [2.75, 3.05) is 19.0 Å². The number of esters is 1. The van der Waals surface area contributed by atoms with Gasteiger partial charge >= 0.3 is 12.1 Å². The summed E-state index contributed by atoms with van der Waals surface area (Å²) in [4.78, 5) is 46.7. The van der Waals surface area contributed by atoms with Gasteiger partial charge in [-0.15, -0.1) is 0 Å². The maximum absolute atomic E-state index is 14.0. The van der Waals surface area contributed by atoms with Crippen LogP contribution in [-0.2, 0) is 32.0 Å². The van der Waals surface area contributed by atoms with Crippen LogP contribution in [0.4, 0.5) is 10.5 Å². The first-order valence-electron chi connectivity index (χ1n) is 17.0. The number of rotatable bonds is 10. The average molecular weight is 691 g/mol. The van der Waals surface area contributed by atoms with E-state index in [0.29, 0.717) is 24.1 Å². The van der Waals surface area contributed by atoms with Crippen molar-refractivity contribution >= 4 is 34.6 Å². The normalized spacial score (nSPS) is 14.5. The fourth-order valence-corrected chi connectivity index (χ4v) is 5.97. The van der Waals surface area contributed by atoms with Crippen LogP contribution in [-0.4, -0.2) is 57.0 Å². The second kappa shape index (κ2) is 15.5. The quantitative estimate of drug-likeness (QED) is 0.145. The minimum Gasteiger partial charge on any atom is -0.469 e. The summed E-state index contributed by atoms with van der Waals surface area (Å²) in [5.41, 5.74) is 6.11. The molecule has 2 aromatic carbocycles. The molecule has 2 amide bonds. The van der Waals surface area contributed by atoms with E-state index in [1.165, 1.54) is 7.11 Å². The number of nitrogens with one attached hydrogen (secondary N) is 2. The zero-order valence-electron chi connectivity index (χ0n) is 29.3. The highest BCUT2D eigenvalue weighted by Gasteiger charge is 2.25. The lowest BCUT2D eigenvalue weighted by atomic mass is 10.0. The van der Waals surface area contributed by atoms with Crippen molar-refractivity contribution in [2.45, 2.75) is 71.2 Å². The van der Waals surface area contributed by atoms with Crippen molar-refractivity contribution in [2.24, 2.45) is 0 Å². The number of hydrogen-bond donors (Lipinski definition) is 2. The minimum atomic E-state index is -0.602. The monoisotopic (exact) mass is 690 g/mol. The van der Waals surface area contributed by atoms with E-state index in [-0.39, 0.29) is 36.8 Å². The molecule has 3 aromatic heterocycles. The van der Waals surface area contributed by atoms with E-state index in [2.05, 4.69) is 20.6 Å². The number of ether oxygens (including phenoxy) is 3. The Morgan fingerprint density at radius 1 is 0.902 bits per heavy atom. The van der Waals surface area contributed by atoms with Crippen LogP contribution in [0.2, 0.25) is 0 Å². The summed E-state index contributed by atoms with van der Waals surface area (Å²) in [6.07, 6.45) is 9.59. The number of methoxy groups -OCH3 is 1. The lowest BCUT2D eigenvalue weighted by molar-refractivity contribution is -0.140. The minimum absolute atomic E-state index is 0.244. The van der Waals surface area contributed by atoms with Gasteiger partial charge in [-0.3, -0.25) is 19.6 Å². The molecule has 1 fully saturated rings. The van der Waals surface area contributed by atoms with Gasteiger partial charge < -0.3 is 24.8 Å². The average Bonchev–Trinajstić information content (AvgIpc) is 3.52. The van der Waals surface area contributed by atoms with E-state index in [9.17, 15) is 14.4 Å². The van der Waals surface area contributed by atoms with E-state index >= 15 is 0 Å². The molecule has 1 atom stereocenters. The maximum Gasteiger partial charge on any atom is 0.407 e. The third-order valence-electron chi connectivity index (χ3n) is 8.42. The highest BCUT2D eigenvalue weighted by atomic mass is 16.6. The summed E-state index contributed by atoms with van der Waals surface area (Å²) in [5, 5.41) is 11.3. The first-order valence-corrected chi connectivity index (χ1v) is 17.0. The van der Waals surface area contributed by atoms with Gasteiger partial charge in [-0.2, -0.15) is 5.10 Å². The maximum atomic E-state index is 14.0. The molecule has 0 bridgehead atoms. The van der Waals surface area contributed by atoms with Gasteiger partial charge in [0.1, 0.15) is 5.60 Å². The predicted molar refractivity (Wildman–Crippen MR) is 193 cm³/mol. The number of anilines is 1. The molecule has 264 valence electrons. The number of carbonyl (C=O) groups is 3. The number of pyridine rings is 2. The van der Waals surface area contributed by atoms with Gasteiger partial charge in [0.2, 0.25) is 0 Å². The van der Waals surface area contributed by atoms with Crippen molar-refractivity contribution in [3.05, 3.63) is 96.2 Å². The topological polar surface area (TPSA) is 147 Å². The number of aryl methyl sites for hydroxylation is 1. The van der Waals surface area contributed by atoms with Crippen molar-refractivity contribution < 1.29 is 28.6 Å². The second-order valence-corrected chi connectivity index (χ2v) is 13.5. The smallest absolute Gasteiger partial charge is 0.407 e. The van der Waals surface area contributed by atoms with Crippen LogP contribution >= 0.6 is 0 Å². The Balaban J connectivity index is 1.27. The second-order valence-electron chi connectivity index (χ2n) is 13.5. The van der Waals surface area contributed by atoms with Gasteiger partial charge in [-0.25, -0.2) is 9.48 Å². The fourth-order valence-electron chi connectivity index (χ4n) is 5.97. The molecule has 0 saturated carbocycles. The van der Waals surface area contributed by atoms with E-state index in [1.807, 2.05) is 75.4 Å². The Morgan fingerprint density at radius 3 is 2.43 bits per heavy atom. The van der Waals surface area contributed by atoms with Crippen molar-refractivity contribution in [1.82, 2.24) is 25.1 Å². The molecule has 0 aliphatic carbocycles. The molecule has 12 heteroatoms. The Morgan fingerprint density at radius 2 is 1.67 bits per heavy atom. The Bertz CT molecular complexity index is 2050. The Hall–Kier alpha value is -5.62. The molecule has 12 nitrogen and oxygen atoms in total. The van der Waals surface area contributed by atoms with Crippen molar-refractivity contribution in [3.8, 4) is 22.3 Å². The number of carbonyl (C=O) groups excluding carboxylic acids is 3. The van der Waals surface area contributed by atoms with Crippen LogP contribution in [0, 0.1) is 0 Å². The van der Waals surface area contributed by atoms with Crippen LogP contribution in [0.25, 0.3) is 33.2 Å². The van der Waals surface area contributed by atoms with Crippen LogP contribution in [0.3, 0.4) is 0 Å². The highest BCUT2D eigenvalue weighted by Crippen LogP contribution is 2.32. The fraction of sp³-hybridized carbons (Fsp3) is 0.333. The molecule has 1 saturated heterocycles. The van der Waals surface area contributed by atoms with Gasteiger partial charge in [-0.1, -0.05) is 30.3 Å². The summed E-state index contributed by atoms with van der Waals surface area (Å²) in [6, 6.07) is 17.5. The van der Waals surface area contributed by atoms with Gasteiger partial charge in [0.25, 0.3) is 5.91 Å². The van der Waals surface area contributed by atoms with Crippen LogP contribution in [0.1, 0.15) is 74.3 Å². The number of fused-ring (bicyclic) bond motifs is 1. The van der Waals surface area contributed by atoms with Crippen LogP contribution in [0.15, 0.2) is 79.4 Å². The molecule has 0 radical (unpaired) electrons. The Labute approximate surface area is 296 Å². The molecule has 6 rings (SSSR count). The van der Waals surface area contributed by atoms with E-state index in [1.54, 1.807) is 29.5 Å². The molecule has 51 heavy (non-hydrogen) atoms. The van der Waals surface area contributed by atoms with Crippen molar-refractivity contribution in [1.29, 1.82) is 0 Å². The van der Waals surface area contributed by atoms with E-state index < -0.39 is 11.7 Å². The zero-order chi connectivity index (χ0) is 36.0. The zero-order valence-corrected chi connectivity index (χ0v) is 29.3. The van der Waals surface area contributed by atoms with Crippen LogP contribution in [0.5, 0.6) is 0 Å². The number of benzene rings is 2. The first-order chi connectivity index (χ1) is 24.6. The summed E-state index contributed by atoms with van der Waals surface area (Å²) in [6.45, 7) is 6.31. The summed E-state index contributed by atoms with van der Waals surface area (Å²) >= 11 is 0.